The van der Waals surface area contributed by atoms with E-state index in [4.69, 9.17) is 15.4 Å². The van der Waals surface area contributed by atoms with Crippen molar-refractivity contribution in [2.45, 2.75) is 51.1 Å². The molecule has 1 heterocycles. The summed E-state index contributed by atoms with van der Waals surface area (Å²) in [6.45, 7) is 4.02. The summed E-state index contributed by atoms with van der Waals surface area (Å²) < 4.78 is 43.2. The molecule has 1 aliphatic heterocycles. The molecule has 0 aliphatic carbocycles. The Balaban J connectivity index is 3.37. The zero-order valence-corrected chi connectivity index (χ0v) is 15.1. The molecule has 0 saturated heterocycles. The Bertz CT molecular complexity index is 684. The van der Waals surface area contributed by atoms with E-state index in [1.54, 1.807) is 19.2 Å². The maximum absolute atomic E-state index is 12.9. The predicted molar refractivity (Wildman–Crippen MR) is 88.7 cm³/mol. The first-order valence-electron chi connectivity index (χ1n) is 8.39. The van der Waals surface area contributed by atoms with Crippen LogP contribution in [0.3, 0.4) is 0 Å². The lowest BCUT2D eigenvalue weighted by Crippen LogP contribution is -2.60. The third-order valence-corrected chi connectivity index (χ3v) is 3.76. The molecule has 0 spiro atoms. The summed E-state index contributed by atoms with van der Waals surface area (Å²) in [5, 5.41) is 14.0. The molecule has 0 aromatic rings. The van der Waals surface area contributed by atoms with E-state index in [1.807, 2.05) is 0 Å². The lowest BCUT2D eigenvalue weighted by atomic mass is 9.97. The Kier molecular flexibility index (Phi) is 8.11. The summed E-state index contributed by atoms with van der Waals surface area (Å²) >= 11 is 0. The molecule has 0 bridgehead atoms. The number of halogens is 3. The number of rotatable bonds is 8. The van der Waals surface area contributed by atoms with Crippen molar-refractivity contribution in [3.63, 3.8) is 0 Å². The molecular formula is C15H20F3N5O5. The highest BCUT2D eigenvalue weighted by Crippen LogP contribution is 2.25. The first-order chi connectivity index (χ1) is 13.1. The number of alkyl halides is 3. The summed E-state index contributed by atoms with van der Waals surface area (Å²) in [5.74, 6) is -5.56. The maximum atomic E-state index is 12.9. The number of hydrogen-bond acceptors (Lipinski definition) is 5. The molecule has 10 nitrogen and oxygen atoms in total. The second kappa shape index (κ2) is 9.83. The van der Waals surface area contributed by atoms with Crippen molar-refractivity contribution in [2.24, 2.45) is 5.11 Å². The highest BCUT2D eigenvalue weighted by atomic mass is 19.4. The molecule has 1 rings (SSSR count). The Morgan fingerprint density at radius 3 is 2.32 bits per heavy atom. The SMILES string of the molecule is CCCN(CCC)C(=O)[C@@H]1OC(C(=O)O)=CC(N=[N+]=[N-])[C@H]1NC(=O)C(F)(F)F. The van der Waals surface area contributed by atoms with Gasteiger partial charge in [0, 0.05) is 18.0 Å². The van der Waals surface area contributed by atoms with Gasteiger partial charge < -0.3 is 20.1 Å². The molecule has 1 aliphatic rings. The van der Waals surface area contributed by atoms with Crippen molar-refractivity contribution in [2.75, 3.05) is 13.1 Å². The minimum absolute atomic E-state index is 0.241. The number of nitrogens with zero attached hydrogens (tertiary/aromatic N) is 4. The Morgan fingerprint density at radius 1 is 1.32 bits per heavy atom. The minimum Gasteiger partial charge on any atom is -0.475 e. The summed E-state index contributed by atoms with van der Waals surface area (Å²) in [6, 6.07) is -3.31. The molecule has 13 heteroatoms. The van der Waals surface area contributed by atoms with Crippen LogP contribution in [0.4, 0.5) is 13.2 Å². The molecule has 0 aromatic heterocycles. The van der Waals surface area contributed by atoms with Gasteiger partial charge in [0.15, 0.2) is 6.10 Å². The Morgan fingerprint density at radius 2 is 1.89 bits per heavy atom. The molecule has 0 radical (unpaired) electrons. The molecule has 3 atom stereocenters. The normalized spacial score (nSPS) is 21.6. The number of nitrogens with one attached hydrogen (secondary N) is 1. The molecule has 0 fully saturated rings. The second-order valence-corrected chi connectivity index (χ2v) is 5.89. The van der Waals surface area contributed by atoms with E-state index in [1.165, 1.54) is 4.90 Å². The van der Waals surface area contributed by atoms with Crippen LogP contribution >= 0.6 is 0 Å². The average Bonchev–Trinajstić information content (AvgIpc) is 2.61. The van der Waals surface area contributed by atoms with E-state index in [0.29, 0.717) is 12.8 Å². The van der Waals surface area contributed by atoms with Gasteiger partial charge in [-0.05, 0) is 24.4 Å². The van der Waals surface area contributed by atoms with Crippen LogP contribution < -0.4 is 5.32 Å². The van der Waals surface area contributed by atoms with E-state index < -0.39 is 47.9 Å². The molecule has 1 unspecified atom stereocenters. The van der Waals surface area contributed by atoms with Crippen molar-refractivity contribution in [1.82, 2.24) is 10.2 Å². The number of ether oxygens (including phenoxy) is 1. The molecular weight excluding hydrogens is 387 g/mol. The van der Waals surface area contributed by atoms with Gasteiger partial charge in [-0.15, -0.1) is 0 Å². The third-order valence-electron chi connectivity index (χ3n) is 3.76. The monoisotopic (exact) mass is 407 g/mol. The van der Waals surface area contributed by atoms with Crippen LogP contribution in [0.15, 0.2) is 16.9 Å². The van der Waals surface area contributed by atoms with Crippen LogP contribution in [0.1, 0.15) is 26.7 Å². The van der Waals surface area contributed by atoms with Crippen molar-refractivity contribution < 1.29 is 37.4 Å². The number of carbonyl (C=O) groups excluding carboxylic acids is 2. The zero-order valence-electron chi connectivity index (χ0n) is 15.1. The number of hydrogen-bond donors (Lipinski definition) is 2. The van der Waals surface area contributed by atoms with Gasteiger partial charge >= 0.3 is 18.1 Å². The maximum Gasteiger partial charge on any atom is 0.471 e. The lowest BCUT2D eigenvalue weighted by Gasteiger charge is -2.37. The van der Waals surface area contributed by atoms with Gasteiger partial charge in [-0.3, -0.25) is 9.59 Å². The molecule has 2 amide bonds. The summed E-state index contributed by atoms with van der Waals surface area (Å²) in [7, 11) is 0. The first-order valence-corrected chi connectivity index (χ1v) is 8.39. The standard InChI is InChI=1S/C15H20F3N5O5/c1-3-5-23(6-4-2)12(24)11-10(20-14(27)15(16,17)18)8(21-22-19)7-9(28-11)13(25)26/h7-8,10-11H,3-6H2,1-2H3,(H,20,27)(H,25,26)/t8?,10-,11-/m1/s1. The van der Waals surface area contributed by atoms with Gasteiger partial charge in [0.2, 0.25) is 5.76 Å². The Labute approximate surface area is 157 Å². The highest BCUT2D eigenvalue weighted by Gasteiger charge is 2.47. The van der Waals surface area contributed by atoms with E-state index in [-0.39, 0.29) is 13.1 Å². The van der Waals surface area contributed by atoms with Gasteiger partial charge in [0.25, 0.3) is 5.91 Å². The molecule has 0 aromatic carbocycles. The zero-order chi connectivity index (χ0) is 21.5. The minimum atomic E-state index is -5.27. The topological polar surface area (TPSA) is 145 Å². The first kappa shape index (κ1) is 23.1. The van der Waals surface area contributed by atoms with Crippen molar-refractivity contribution in [3.05, 3.63) is 22.3 Å². The van der Waals surface area contributed by atoms with Crippen LogP contribution in [0.25, 0.3) is 10.4 Å². The number of carboxylic acids is 1. The van der Waals surface area contributed by atoms with E-state index in [2.05, 4.69) is 10.0 Å². The molecule has 156 valence electrons. The number of carboxylic acid groups (broad SMARTS) is 1. The van der Waals surface area contributed by atoms with Crippen molar-refractivity contribution in [3.8, 4) is 0 Å². The van der Waals surface area contributed by atoms with E-state index >= 15 is 0 Å². The molecule has 0 saturated carbocycles. The fourth-order valence-corrected chi connectivity index (χ4v) is 2.62. The van der Waals surface area contributed by atoms with Gasteiger partial charge in [0.1, 0.15) is 0 Å². The third kappa shape index (κ3) is 5.78. The van der Waals surface area contributed by atoms with Crippen LogP contribution in [0.2, 0.25) is 0 Å². The largest absolute Gasteiger partial charge is 0.475 e. The van der Waals surface area contributed by atoms with Gasteiger partial charge in [-0.2, -0.15) is 13.2 Å². The van der Waals surface area contributed by atoms with Crippen LogP contribution in [-0.4, -0.2) is 65.2 Å². The molecule has 2 N–H and O–H groups in total. The fraction of sp³-hybridized carbons (Fsp3) is 0.667. The van der Waals surface area contributed by atoms with E-state index in [0.717, 1.165) is 6.08 Å². The predicted octanol–water partition coefficient (Wildman–Crippen LogP) is 1.73. The van der Waals surface area contributed by atoms with Crippen molar-refractivity contribution in [1.29, 1.82) is 0 Å². The number of azide groups is 1. The number of amides is 2. The Hall–Kier alpha value is -2.95. The highest BCUT2D eigenvalue weighted by molar-refractivity contribution is 5.89. The lowest BCUT2D eigenvalue weighted by molar-refractivity contribution is -0.176. The van der Waals surface area contributed by atoms with Crippen molar-refractivity contribution >= 4 is 17.8 Å². The summed E-state index contributed by atoms with van der Waals surface area (Å²) in [6.07, 6.45) is -5.27. The van der Waals surface area contributed by atoms with E-state index in [9.17, 15) is 27.6 Å². The molecule has 28 heavy (non-hydrogen) atoms. The number of aliphatic carboxylic acids is 1. The number of carbonyl (C=O) groups is 3. The van der Waals surface area contributed by atoms with Crippen LogP contribution in [0.5, 0.6) is 0 Å². The quantitative estimate of drug-likeness (QED) is 0.358. The van der Waals surface area contributed by atoms with Crippen LogP contribution in [-0.2, 0) is 19.1 Å². The fourth-order valence-electron chi connectivity index (χ4n) is 2.62. The van der Waals surface area contributed by atoms with Gasteiger partial charge in [-0.1, -0.05) is 19.0 Å². The van der Waals surface area contributed by atoms with Crippen LogP contribution in [0, 0.1) is 0 Å². The second-order valence-electron chi connectivity index (χ2n) is 5.89. The van der Waals surface area contributed by atoms with Gasteiger partial charge in [-0.25, -0.2) is 4.79 Å². The van der Waals surface area contributed by atoms with Gasteiger partial charge in [0.05, 0.1) is 12.1 Å². The average molecular weight is 407 g/mol. The summed E-state index contributed by atoms with van der Waals surface area (Å²) in [5.41, 5.74) is 8.67. The summed E-state index contributed by atoms with van der Waals surface area (Å²) in [4.78, 5) is 39.3. The smallest absolute Gasteiger partial charge is 0.471 e.